The maximum atomic E-state index is 12.4. The minimum absolute atomic E-state index is 0.0838. The first-order valence-electron chi connectivity index (χ1n) is 12.9. The number of anilines is 4. The molecule has 1 atom stereocenters. The number of hydrogen-bond acceptors (Lipinski definition) is 8. The normalized spacial score (nSPS) is 13.5. The van der Waals surface area contributed by atoms with Crippen LogP contribution in [-0.4, -0.2) is 84.8 Å². The second-order valence-electron chi connectivity index (χ2n) is 9.16. The minimum atomic E-state index is -0.516. The lowest BCUT2D eigenvalue weighted by atomic mass is 9.99. The summed E-state index contributed by atoms with van der Waals surface area (Å²) >= 11 is 1.64. The van der Waals surface area contributed by atoms with Gasteiger partial charge in [0.1, 0.15) is 19.7 Å². The van der Waals surface area contributed by atoms with Gasteiger partial charge >= 0.3 is 6.03 Å². The summed E-state index contributed by atoms with van der Waals surface area (Å²) in [4.78, 5) is 47.0. The number of likely N-dealkylation sites (tertiary alicyclic amines) is 1. The van der Waals surface area contributed by atoms with Crippen molar-refractivity contribution in [3.05, 3.63) is 30.5 Å². The van der Waals surface area contributed by atoms with Crippen LogP contribution in [0.5, 0.6) is 0 Å². The predicted molar refractivity (Wildman–Crippen MR) is 156 cm³/mol. The van der Waals surface area contributed by atoms with E-state index in [1.807, 2.05) is 43.3 Å². The standard InChI is InChI=1S/C25H37BN8O3S/c1-17(35)30-21(9-14-38-2)23(36)28-11-6-10-27-22-20(26)16-29-24(33-22)31-18-7-5-8-19(15-18)32-25(37)34-12-3-4-13-34/h5,7-8,15-16,21H,3-4,6,9-14,26H2,1-2H3,(H,28,36)(H,30,35)(H,32,37)(H2,27,29,31,33). The molecule has 2 heterocycles. The number of nitrogens with zero attached hydrogens (tertiary/aromatic N) is 3. The van der Waals surface area contributed by atoms with Gasteiger partial charge in [-0.05, 0) is 61.4 Å². The average molecular weight is 541 g/mol. The number of carbonyl (C=O) groups is 3. The Labute approximate surface area is 229 Å². The van der Waals surface area contributed by atoms with Gasteiger partial charge < -0.3 is 31.5 Å². The first-order valence-corrected chi connectivity index (χ1v) is 14.3. The average Bonchev–Trinajstić information content (AvgIpc) is 3.43. The number of rotatable bonds is 13. The highest BCUT2D eigenvalue weighted by atomic mass is 32.2. The molecule has 5 N–H and O–H groups in total. The number of hydrogen-bond donors (Lipinski definition) is 5. The maximum Gasteiger partial charge on any atom is 0.321 e. The van der Waals surface area contributed by atoms with Gasteiger partial charge in [0, 0.05) is 50.7 Å². The first kappa shape index (κ1) is 29.1. The van der Waals surface area contributed by atoms with Crippen LogP contribution < -0.4 is 32.0 Å². The van der Waals surface area contributed by atoms with E-state index in [0.717, 1.165) is 42.8 Å². The van der Waals surface area contributed by atoms with E-state index in [-0.39, 0.29) is 17.8 Å². The number of aromatic nitrogens is 2. The van der Waals surface area contributed by atoms with Crippen LogP contribution in [0.25, 0.3) is 0 Å². The Kier molecular flexibility index (Phi) is 11.5. The van der Waals surface area contributed by atoms with Gasteiger partial charge in [-0.15, -0.1) is 0 Å². The van der Waals surface area contributed by atoms with Crippen LogP contribution in [0.1, 0.15) is 32.6 Å². The lowest BCUT2D eigenvalue weighted by molar-refractivity contribution is -0.128. The van der Waals surface area contributed by atoms with Gasteiger partial charge in [0.05, 0.1) is 0 Å². The van der Waals surface area contributed by atoms with Crippen molar-refractivity contribution in [2.24, 2.45) is 0 Å². The molecule has 0 aliphatic carbocycles. The summed E-state index contributed by atoms with van der Waals surface area (Å²) in [6.45, 7) is 4.08. The molecule has 2 aromatic rings. The van der Waals surface area contributed by atoms with Crippen LogP contribution >= 0.6 is 11.8 Å². The van der Waals surface area contributed by atoms with Crippen molar-refractivity contribution in [3.63, 3.8) is 0 Å². The molecule has 0 radical (unpaired) electrons. The second kappa shape index (κ2) is 15.1. The van der Waals surface area contributed by atoms with Crippen molar-refractivity contribution >= 4 is 66.1 Å². The largest absolute Gasteiger partial charge is 0.370 e. The monoisotopic (exact) mass is 540 g/mol. The Bertz CT molecular complexity index is 1100. The lowest BCUT2D eigenvalue weighted by Crippen LogP contribution is -2.46. The minimum Gasteiger partial charge on any atom is -0.370 e. The Balaban J connectivity index is 1.48. The molecule has 0 spiro atoms. The number of amides is 4. The third-order valence-corrected chi connectivity index (χ3v) is 6.63. The molecular formula is C25H37BN8O3S. The van der Waals surface area contributed by atoms with E-state index < -0.39 is 6.04 Å². The Morgan fingerprint density at radius 2 is 1.92 bits per heavy atom. The van der Waals surface area contributed by atoms with Gasteiger partial charge in [0.25, 0.3) is 0 Å². The van der Waals surface area contributed by atoms with Crippen molar-refractivity contribution in [1.29, 1.82) is 0 Å². The molecule has 38 heavy (non-hydrogen) atoms. The van der Waals surface area contributed by atoms with Gasteiger partial charge in [-0.3, -0.25) is 9.59 Å². The molecule has 13 heteroatoms. The first-order chi connectivity index (χ1) is 18.4. The van der Waals surface area contributed by atoms with Gasteiger partial charge in [0.15, 0.2) is 0 Å². The van der Waals surface area contributed by atoms with Crippen LogP contribution in [0.2, 0.25) is 0 Å². The van der Waals surface area contributed by atoms with Crippen molar-refractivity contribution in [1.82, 2.24) is 25.5 Å². The van der Waals surface area contributed by atoms with Crippen LogP contribution in [0, 0.1) is 0 Å². The molecule has 11 nitrogen and oxygen atoms in total. The zero-order valence-electron chi connectivity index (χ0n) is 22.3. The summed E-state index contributed by atoms with van der Waals surface area (Å²) < 4.78 is 0. The van der Waals surface area contributed by atoms with Crippen LogP contribution in [-0.2, 0) is 9.59 Å². The predicted octanol–water partition coefficient (Wildman–Crippen LogP) is 1.28. The van der Waals surface area contributed by atoms with Gasteiger partial charge in [-0.1, -0.05) is 6.07 Å². The van der Waals surface area contributed by atoms with E-state index in [0.29, 0.717) is 43.4 Å². The molecule has 1 aromatic heterocycles. The van der Waals surface area contributed by atoms with Crippen molar-refractivity contribution in [3.8, 4) is 0 Å². The Hall–Kier alpha value is -3.48. The molecule has 1 aliphatic heterocycles. The smallest absolute Gasteiger partial charge is 0.321 e. The van der Waals surface area contributed by atoms with E-state index in [4.69, 9.17) is 0 Å². The number of benzene rings is 1. The van der Waals surface area contributed by atoms with E-state index in [1.165, 1.54) is 6.92 Å². The van der Waals surface area contributed by atoms with Crippen LogP contribution in [0.15, 0.2) is 30.5 Å². The second-order valence-corrected chi connectivity index (χ2v) is 10.1. The summed E-state index contributed by atoms with van der Waals surface area (Å²) in [5, 5.41) is 15.1. The van der Waals surface area contributed by atoms with E-state index in [9.17, 15) is 14.4 Å². The summed E-state index contributed by atoms with van der Waals surface area (Å²) in [7, 11) is 1.92. The molecule has 1 aromatic carbocycles. The quantitative estimate of drug-likeness (QED) is 0.189. The SMILES string of the molecule is Bc1cnc(Nc2cccc(NC(=O)N3CCCC3)c2)nc1NCCCNC(=O)C(CCSC)NC(C)=O. The summed E-state index contributed by atoms with van der Waals surface area (Å²) in [6, 6.07) is 6.85. The molecule has 1 fully saturated rings. The fraction of sp³-hybridized carbons (Fsp3) is 0.480. The van der Waals surface area contributed by atoms with Gasteiger partial charge in [-0.25, -0.2) is 9.78 Å². The number of carbonyl (C=O) groups excluding carboxylic acids is 3. The molecule has 4 amide bonds. The molecule has 204 valence electrons. The van der Waals surface area contributed by atoms with Crippen molar-refractivity contribution in [2.45, 2.75) is 38.6 Å². The molecular weight excluding hydrogens is 503 g/mol. The molecule has 3 rings (SSSR count). The molecule has 0 saturated carbocycles. The van der Waals surface area contributed by atoms with Crippen molar-refractivity contribution < 1.29 is 14.4 Å². The number of urea groups is 1. The zero-order chi connectivity index (χ0) is 27.3. The highest BCUT2D eigenvalue weighted by molar-refractivity contribution is 7.98. The van der Waals surface area contributed by atoms with E-state index >= 15 is 0 Å². The van der Waals surface area contributed by atoms with Gasteiger partial charge in [0.2, 0.25) is 17.8 Å². The molecule has 1 aliphatic rings. The Morgan fingerprint density at radius 1 is 1.16 bits per heavy atom. The lowest BCUT2D eigenvalue weighted by Gasteiger charge is -2.17. The van der Waals surface area contributed by atoms with E-state index in [2.05, 4.69) is 36.6 Å². The number of nitrogens with one attached hydrogen (secondary N) is 5. The third kappa shape index (κ3) is 9.44. The maximum absolute atomic E-state index is 12.4. The Morgan fingerprint density at radius 3 is 2.66 bits per heavy atom. The van der Waals surface area contributed by atoms with Gasteiger partial charge in [-0.2, -0.15) is 16.7 Å². The van der Waals surface area contributed by atoms with E-state index in [1.54, 1.807) is 18.0 Å². The zero-order valence-corrected chi connectivity index (χ0v) is 23.1. The summed E-state index contributed by atoms with van der Waals surface area (Å²) in [5.41, 5.74) is 2.36. The molecule has 0 bridgehead atoms. The highest BCUT2D eigenvalue weighted by Crippen LogP contribution is 2.19. The molecule has 1 saturated heterocycles. The summed E-state index contributed by atoms with van der Waals surface area (Å²) in [6.07, 6.45) is 7.07. The molecule has 1 unspecified atom stereocenters. The highest BCUT2D eigenvalue weighted by Gasteiger charge is 2.19. The van der Waals surface area contributed by atoms with Crippen LogP contribution in [0.4, 0.5) is 27.9 Å². The van der Waals surface area contributed by atoms with Crippen molar-refractivity contribution in [2.75, 3.05) is 54.1 Å². The third-order valence-electron chi connectivity index (χ3n) is 5.98. The fourth-order valence-electron chi connectivity index (χ4n) is 3.99. The topological polar surface area (TPSA) is 140 Å². The number of thioether (sulfide) groups is 1. The van der Waals surface area contributed by atoms with Crippen LogP contribution in [0.3, 0.4) is 0 Å². The summed E-state index contributed by atoms with van der Waals surface area (Å²) in [5.74, 6) is 1.54. The fourth-order valence-corrected chi connectivity index (χ4v) is 4.46.